The molecule has 8 heteroatoms. The van der Waals surface area contributed by atoms with E-state index in [1.165, 1.54) is 12.1 Å². The van der Waals surface area contributed by atoms with E-state index in [-0.39, 0.29) is 11.9 Å². The Hall–Kier alpha value is -2.90. The molecule has 1 saturated heterocycles. The van der Waals surface area contributed by atoms with Gasteiger partial charge in [0.25, 0.3) is 0 Å². The molecular formula is C18H22FN5O2. The van der Waals surface area contributed by atoms with Gasteiger partial charge in [-0.1, -0.05) is 0 Å². The van der Waals surface area contributed by atoms with Crippen LogP contribution in [0.5, 0.6) is 0 Å². The summed E-state index contributed by atoms with van der Waals surface area (Å²) in [5, 5.41) is 3.10. The van der Waals surface area contributed by atoms with E-state index in [4.69, 9.17) is 4.74 Å². The lowest BCUT2D eigenvalue weighted by Gasteiger charge is -2.34. The van der Waals surface area contributed by atoms with Crippen LogP contribution in [0.15, 0.2) is 30.3 Å². The third kappa shape index (κ3) is 4.38. The minimum atomic E-state index is -0.291. The smallest absolute Gasteiger partial charge is 0.409 e. The molecule has 26 heavy (non-hydrogen) atoms. The highest BCUT2D eigenvalue weighted by Crippen LogP contribution is 2.20. The summed E-state index contributed by atoms with van der Waals surface area (Å²) in [5.74, 6) is 0.964. The van der Waals surface area contributed by atoms with Gasteiger partial charge in [-0.3, -0.25) is 0 Å². The fourth-order valence-corrected chi connectivity index (χ4v) is 2.77. The Bertz CT molecular complexity index is 761. The van der Waals surface area contributed by atoms with E-state index in [1.54, 1.807) is 24.0 Å². The summed E-state index contributed by atoms with van der Waals surface area (Å²) in [4.78, 5) is 24.6. The zero-order valence-electron chi connectivity index (χ0n) is 14.9. The average molecular weight is 359 g/mol. The molecule has 1 fully saturated rings. The molecule has 0 atom stereocenters. The second-order valence-electron chi connectivity index (χ2n) is 6.00. The first-order valence-corrected chi connectivity index (χ1v) is 8.60. The summed E-state index contributed by atoms with van der Waals surface area (Å²) < 4.78 is 18.1. The Balaban J connectivity index is 1.68. The van der Waals surface area contributed by atoms with Crippen LogP contribution in [0.3, 0.4) is 0 Å². The van der Waals surface area contributed by atoms with Gasteiger partial charge in [0, 0.05) is 43.6 Å². The molecule has 2 heterocycles. The van der Waals surface area contributed by atoms with Crippen LogP contribution in [0, 0.1) is 12.7 Å². The van der Waals surface area contributed by atoms with Gasteiger partial charge in [-0.2, -0.15) is 4.98 Å². The molecule has 0 unspecified atom stereocenters. The lowest BCUT2D eigenvalue weighted by Crippen LogP contribution is -2.49. The maximum Gasteiger partial charge on any atom is 0.409 e. The van der Waals surface area contributed by atoms with Crippen molar-refractivity contribution in [3.05, 3.63) is 41.8 Å². The van der Waals surface area contributed by atoms with Crippen molar-refractivity contribution in [2.75, 3.05) is 43.0 Å². The number of nitrogens with one attached hydrogen (secondary N) is 1. The fraction of sp³-hybridized carbons (Fsp3) is 0.389. The third-order valence-electron chi connectivity index (χ3n) is 4.07. The molecule has 0 bridgehead atoms. The molecule has 1 aromatic heterocycles. The number of piperazine rings is 1. The molecule has 3 rings (SSSR count). The van der Waals surface area contributed by atoms with Gasteiger partial charge in [-0.05, 0) is 38.1 Å². The Labute approximate surface area is 151 Å². The van der Waals surface area contributed by atoms with Crippen molar-refractivity contribution in [3.8, 4) is 0 Å². The normalized spacial score (nSPS) is 14.3. The topological polar surface area (TPSA) is 70.6 Å². The number of aryl methyl sites for hydroxylation is 1. The fourth-order valence-electron chi connectivity index (χ4n) is 2.77. The van der Waals surface area contributed by atoms with E-state index in [9.17, 15) is 9.18 Å². The molecule has 0 radical (unpaired) electrons. The number of aromatic nitrogens is 2. The number of amides is 1. The van der Waals surface area contributed by atoms with Crippen LogP contribution in [0.2, 0.25) is 0 Å². The van der Waals surface area contributed by atoms with Crippen molar-refractivity contribution in [2.45, 2.75) is 13.8 Å². The molecule has 1 aliphatic rings. The summed E-state index contributed by atoms with van der Waals surface area (Å²) >= 11 is 0. The number of ether oxygens (including phenoxy) is 1. The standard InChI is InChI=1S/C18H22FN5O2/c1-3-26-18(25)24-10-8-23(9-11-24)16-12-13(2)20-17(22-16)21-15-6-4-14(19)5-7-15/h4-7,12H,3,8-11H2,1-2H3,(H,20,21,22). The van der Waals surface area contributed by atoms with Crippen LogP contribution >= 0.6 is 0 Å². The van der Waals surface area contributed by atoms with Gasteiger partial charge >= 0.3 is 6.09 Å². The lowest BCUT2D eigenvalue weighted by molar-refractivity contribution is 0.105. The average Bonchev–Trinajstić information content (AvgIpc) is 2.63. The van der Waals surface area contributed by atoms with Crippen molar-refractivity contribution >= 4 is 23.5 Å². The van der Waals surface area contributed by atoms with Crippen molar-refractivity contribution in [1.82, 2.24) is 14.9 Å². The van der Waals surface area contributed by atoms with Gasteiger partial charge < -0.3 is 19.9 Å². The van der Waals surface area contributed by atoms with Gasteiger partial charge in [-0.15, -0.1) is 0 Å². The summed E-state index contributed by atoms with van der Waals surface area (Å²) in [7, 11) is 0. The molecule has 1 amide bonds. The Morgan fingerprint density at radius 2 is 1.88 bits per heavy atom. The number of anilines is 3. The van der Waals surface area contributed by atoms with Crippen molar-refractivity contribution in [2.24, 2.45) is 0 Å². The maximum atomic E-state index is 13.0. The third-order valence-corrected chi connectivity index (χ3v) is 4.07. The zero-order valence-corrected chi connectivity index (χ0v) is 14.9. The molecule has 1 aromatic carbocycles. The van der Waals surface area contributed by atoms with Gasteiger partial charge in [-0.25, -0.2) is 14.2 Å². The summed E-state index contributed by atoms with van der Waals surface area (Å²) in [6.45, 7) is 6.59. The summed E-state index contributed by atoms with van der Waals surface area (Å²) in [5.41, 5.74) is 1.54. The Morgan fingerprint density at radius 1 is 1.19 bits per heavy atom. The Morgan fingerprint density at radius 3 is 2.54 bits per heavy atom. The minimum absolute atomic E-state index is 0.273. The number of nitrogens with zero attached hydrogens (tertiary/aromatic N) is 4. The number of halogens is 1. The summed E-state index contributed by atoms with van der Waals surface area (Å²) in [6.07, 6.45) is -0.273. The minimum Gasteiger partial charge on any atom is -0.450 e. The van der Waals surface area contributed by atoms with E-state index in [2.05, 4.69) is 20.2 Å². The molecule has 1 aliphatic heterocycles. The monoisotopic (exact) mass is 359 g/mol. The number of carbonyl (C=O) groups excluding carboxylic acids is 1. The first-order valence-electron chi connectivity index (χ1n) is 8.60. The highest BCUT2D eigenvalue weighted by atomic mass is 19.1. The predicted molar refractivity (Wildman–Crippen MR) is 97.3 cm³/mol. The zero-order chi connectivity index (χ0) is 18.5. The predicted octanol–water partition coefficient (Wildman–Crippen LogP) is 2.95. The first kappa shape index (κ1) is 17.9. The van der Waals surface area contributed by atoms with Crippen molar-refractivity contribution < 1.29 is 13.9 Å². The SMILES string of the molecule is CCOC(=O)N1CCN(c2cc(C)nc(Nc3ccc(F)cc3)n2)CC1. The highest BCUT2D eigenvalue weighted by molar-refractivity contribution is 5.68. The number of rotatable bonds is 4. The largest absolute Gasteiger partial charge is 0.450 e. The molecular weight excluding hydrogens is 337 g/mol. The maximum absolute atomic E-state index is 13.0. The second-order valence-corrected chi connectivity index (χ2v) is 6.00. The molecule has 0 spiro atoms. The number of hydrogen-bond donors (Lipinski definition) is 1. The molecule has 0 aliphatic carbocycles. The van der Waals surface area contributed by atoms with Crippen molar-refractivity contribution in [1.29, 1.82) is 0 Å². The number of hydrogen-bond acceptors (Lipinski definition) is 6. The van der Waals surface area contributed by atoms with Crippen LogP contribution in [-0.2, 0) is 4.74 Å². The van der Waals surface area contributed by atoms with E-state index >= 15 is 0 Å². The van der Waals surface area contributed by atoms with Gasteiger partial charge in [0.05, 0.1) is 6.61 Å². The number of benzene rings is 1. The van der Waals surface area contributed by atoms with Crippen molar-refractivity contribution in [3.63, 3.8) is 0 Å². The van der Waals surface area contributed by atoms with E-state index in [0.29, 0.717) is 38.7 Å². The molecule has 7 nitrogen and oxygen atoms in total. The lowest BCUT2D eigenvalue weighted by atomic mass is 10.3. The molecule has 138 valence electrons. The Kier molecular flexibility index (Phi) is 5.50. The molecule has 0 saturated carbocycles. The van der Waals surface area contributed by atoms with Crippen LogP contribution in [0.4, 0.5) is 26.6 Å². The summed E-state index contributed by atoms with van der Waals surface area (Å²) in [6, 6.07) is 7.95. The second kappa shape index (κ2) is 7.99. The van der Waals surface area contributed by atoms with E-state index in [1.807, 2.05) is 13.0 Å². The van der Waals surface area contributed by atoms with Gasteiger partial charge in [0.15, 0.2) is 0 Å². The molecule has 2 aromatic rings. The van der Waals surface area contributed by atoms with E-state index in [0.717, 1.165) is 17.2 Å². The highest BCUT2D eigenvalue weighted by Gasteiger charge is 2.23. The number of carbonyl (C=O) groups is 1. The van der Waals surface area contributed by atoms with Crippen LogP contribution in [0.25, 0.3) is 0 Å². The van der Waals surface area contributed by atoms with Gasteiger partial charge in [0.1, 0.15) is 11.6 Å². The van der Waals surface area contributed by atoms with Crippen LogP contribution < -0.4 is 10.2 Å². The van der Waals surface area contributed by atoms with Gasteiger partial charge in [0.2, 0.25) is 5.95 Å². The first-order chi connectivity index (χ1) is 12.5. The van der Waals surface area contributed by atoms with Crippen LogP contribution in [-0.4, -0.2) is 53.7 Å². The van der Waals surface area contributed by atoms with E-state index < -0.39 is 0 Å². The quantitative estimate of drug-likeness (QED) is 0.905. The molecule has 1 N–H and O–H groups in total. The van der Waals surface area contributed by atoms with Crippen LogP contribution in [0.1, 0.15) is 12.6 Å².